The van der Waals surface area contributed by atoms with Gasteiger partial charge in [-0.05, 0) is 53.4 Å². The third-order valence-corrected chi connectivity index (χ3v) is 3.49. The Balaban J connectivity index is 2.03. The van der Waals surface area contributed by atoms with Crippen molar-refractivity contribution < 1.29 is 14.6 Å². The van der Waals surface area contributed by atoms with E-state index in [1.165, 1.54) is 0 Å². The summed E-state index contributed by atoms with van der Waals surface area (Å²) in [5.41, 5.74) is 0.892. The number of hydrogen-bond donors (Lipinski definition) is 1. The van der Waals surface area contributed by atoms with E-state index >= 15 is 0 Å². The Morgan fingerprint density at radius 1 is 0.950 bits per heavy atom. The van der Waals surface area contributed by atoms with Crippen LogP contribution in [0.5, 0.6) is 17.2 Å². The number of benzene rings is 2. The molecule has 0 bridgehead atoms. The van der Waals surface area contributed by atoms with Gasteiger partial charge in [0.25, 0.3) is 0 Å². The van der Waals surface area contributed by atoms with E-state index in [2.05, 4.69) is 0 Å². The van der Waals surface area contributed by atoms with Crippen LogP contribution in [0.2, 0.25) is 0 Å². The fourth-order valence-electron chi connectivity index (χ4n) is 1.67. The monoisotopic (exact) mass is 288 g/mol. The Morgan fingerprint density at radius 3 is 2.30 bits per heavy atom. The third kappa shape index (κ3) is 3.96. The van der Waals surface area contributed by atoms with Crippen molar-refractivity contribution in [3.05, 3.63) is 53.4 Å². The Hall–Kier alpha value is -2.07. The fourth-order valence-corrected chi connectivity index (χ4v) is 2.34. The van der Waals surface area contributed by atoms with E-state index in [4.69, 9.17) is 9.47 Å². The van der Waals surface area contributed by atoms with Crippen LogP contribution in [-0.4, -0.2) is 19.3 Å². The van der Waals surface area contributed by atoms with Gasteiger partial charge in [-0.3, -0.25) is 0 Å². The molecule has 0 radical (unpaired) electrons. The summed E-state index contributed by atoms with van der Waals surface area (Å²) in [6.07, 6.45) is 1.93. The highest BCUT2D eigenvalue weighted by Crippen LogP contribution is 2.26. The van der Waals surface area contributed by atoms with Gasteiger partial charge in [-0.1, -0.05) is 11.8 Å². The van der Waals surface area contributed by atoms with Crippen molar-refractivity contribution in [1.82, 2.24) is 0 Å². The number of hydrogen-bond acceptors (Lipinski definition) is 4. The highest BCUT2D eigenvalue weighted by atomic mass is 32.2. The molecule has 2 aromatic rings. The maximum atomic E-state index is 9.56. The molecule has 0 unspecified atom stereocenters. The van der Waals surface area contributed by atoms with Gasteiger partial charge in [0.2, 0.25) is 0 Å². The quantitative estimate of drug-likeness (QED) is 0.838. The molecule has 4 heteroatoms. The maximum Gasteiger partial charge on any atom is 0.123 e. The average Bonchev–Trinajstić information content (AvgIpc) is 2.47. The molecule has 0 saturated heterocycles. The Labute approximate surface area is 122 Å². The normalized spacial score (nSPS) is 10.7. The summed E-state index contributed by atoms with van der Waals surface area (Å²) in [7, 11) is 3.23. The Kier molecular flexibility index (Phi) is 4.96. The first-order valence-electron chi connectivity index (χ1n) is 6.06. The fraction of sp³-hybridized carbons (Fsp3) is 0.125. The molecule has 0 heterocycles. The van der Waals surface area contributed by atoms with E-state index in [1.54, 1.807) is 38.1 Å². The van der Waals surface area contributed by atoms with Crippen molar-refractivity contribution in [3.8, 4) is 17.2 Å². The van der Waals surface area contributed by atoms with Crippen LogP contribution in [0.4, 0.5) is 0 Å². The van der Waals surface area contributed by atoms with Crippen molar-refractivity contribution >= 4 is 17.8 Å². The number of thioether (sulfide) groups is 1. The van der Waals surface area contributed by atoms with E-state index < -0.39 is 0 Å². The lowest BCUT2D eigenvalue weighted by molar-refractivity contribution is 0.407. The van der Waals surface area contributed by atoms with Gasteiger partial charge in [-0.2, -0.15) is 0 Å². The molecule has 2 rings (SSSR count). The van der Waals surface area contributed by atoms with Crippen LogP contribution in [0.3, 0.4) is 0 Å². The first kappa shape index (κ1) is 14.3. The average molecular weight is 288 g/mol. The Morgan fingerprint density at radius 2 is 1.65 bits per heavy atom. The van der Waals surface area contributed by atoms with Gasteiger partial charge in [0.15, 0.2) is 0 Å². The molecule has 0 spiro atoms. The molecule has 20 heavy (non-hydrogen) atoms. The van der Waals surface area contributed by atoms with Gasteiger partial charge in [0, 0.05) is 11.0 Å². The number of ether oxygens (including phenoxy) is 2. The van der Waals surface area contributed by atoms with Crippen LogP contribution in [-0.2, 0) is 0 Å². The molecule has 2 aromatic carbocycles. The van der Waals surface area contributed by atoms with Crippen LogP contribution < -0.4 is 9.47 Å². The summed E-state index contributed by atoms with van der Waals surface area (Å²) in [6, 6.07) is 13.0. The molecule has 0 fully saturated rings. The zero-order valence-corrected chi connectivity index (χ0v) is 12.2. The summed E-state index contributed by atoms with van der Waals surface area (Å²) < 4.78 is 10.2. The number of phenols is 1. The van der Waals surface area contributed by atoms with Crippen molar-refractivity contribution in [3.63, 3.8) is 0 Å². The van der Waals surface area contributed by atoms with Crippen molar-refractivity contribution in [2.75, 3.05) is 14.2 Å². The predicted octanol–water partition coefficient (Wildman–Crippen LogP) is 4.17. The molecule has 0 atom stereocenters. The number of aromatic hydroxyl groups is 1. The highest BCUT2D eigenvalue weighted by molar-refractivity contribution is 8.02. The van der Waals surface area contributed by atoms with Gasteiger partial charge < -0.3 is 14.6 Å². The summed E-state index contributed by atoms with van der Waals surface area (Å²) in [4.78, 5) is 1.12. The minimum absolute atomic E-state index is 0.193. The summed E-state index contributed by atoms with van der Waals surface area (Å²) in [5, 5.41) is 11.5. The Bertz CT molecular complexity index is 591. The summed E-state index contributed by atoms with van der Waals surface area (Å²) in [5.74, 6) is 1.67. The second-order valence-corrected chi connectivity index (χ2v) is 5.04. The topological polar surface area (TPSA) is 38.7 Å². The van der Waals surface area contributed by atoms with E-state index in [0.717, 1.165) is 16.2 Å². The van der Waals surface area contributed by atoms with E-state index in [0.29, 0.717) is 5.75 Å². The number of phenolic OH excluding ortho intramolecular Hbond substituents is 1. The van der Waals surface area contributed by atoms with Crippen molar-refractivity contribution in [1.29, 1.82) is 0 Å². The van der Waals surface area contributed by atoms with Gasteiger partial charge in [0.05, 0.1) is 14.2 Å². The predicted molar refractivity (Wildman–Crippen MR) is 82.5 cm³/mol. The highest BCUT2D eigenvalue weighted by Gasteiger charge is 1.98. The molecular formula is C16H16O3S. The molecule has 0 aliphatic carbocycles. The van der Waals surface area contributed by atoms with Crippen LogP contribution in [0.1, 0.15) is 5.56 Å². The number of methoxy groups -OCH3 is 2. The van der Waals surface area contributed by atoms with Crippen molar-refractivity contribution in [2.24, 2.45) is 0 Å². The van der Waals surface area contributed by atoms with Crippen LogP contribution in [0.15, 0.2) is 52.8 Å². The van der Waals surface area contributed by atoms with Crippen LogP contribution in [0.25, 0.3) is 6.08 Å². The maximum absolute atomic E-state index is 9.56. The summed E-state index contributed by atoms with van der Waals surface area (Å²) >= 11 is 1.60. The second kappa shape index (κ2) is 6.91. The van der Waals surface area contributed by atoms with E-state index in [9.17, 15) is 5.11 Å². The zero-order chi connectivity index (χ0) is 14.4. The molecule has 104 valence electrons. The lowest BCUT2D eigenvalue weighted by atomic mass is 10.2. The summed E-state index contributed by atoms with van der Waals surface area (Å²) in [6.45, 7) is 0. The molecule has 0 saturated carbocycles. The molecule has 0 aromatic heterocycles. The van der Waals surface area contributed by atoms with E-state index in [1.807, 2.05) is 41.8 Å². The lowest BCUT2D eigenvalue weighted by Gasteiger charge is -2.03. The molecule has 3 nitrogen and oxygen atoms in total. The number of rotatable bonds is 5. The minimum atomic E-state index is 0.193. The van der Waals surface area contributed by atoms with Gasteiger partial charge in [-0.25, -0.2) is 0 Å². The standard InChI is InChI=1S/C16H16O3S/c1-18-14-3-5-16(6-4-14)20-8-7-12-9-13(17)11-15(10-12)19-2/h3-11,17H,1-2H3/b8-7+. The van der Waals surface area contributed by atoms with Crippen LogP contribution >= 0.6 is 11.8 Å². The third-order valence-electron chi connectivity index (χ3n) is 2.67. The smallest absolute Gasteiger partial charge is 0.123 e. The van der Waals surface area contributed by atoms with Gasteiger partial charge in [0.1, 0.15) is 17.2 Å². The minimum Gasteiger partial charge on any atom is -0.508 e. The molecule has 0 aliphatic heterocycles. The SMILES string of the molecule is COc1ccc(S/C=C/c2cc(O)cc(OC)c2)cc1. The van der Waals surface area contributed by atoms with Gasteiger partial charge in [-0.15, -0.1) is 0 Å². The molecular weight excluding hydrogens is 272 g/mol. The zero-order valence-electron chi connectivity index (χ0n) is 11.4. The first-order valence-corrected chi connectivity index (χ1v) is 6.94. The molecule has 0 amide bonds. The molecule has 1 N–H and O–H groups in total. The largest absolute Gasteiger partial charge is 0.508 e. The van der Waals surface area contributed by atoms with E-state index in [-0.39, 0.29) is 5.75 Å². The van der Waals surface area contributed by atoms with Crippen LogP contribution in [0, 0.1) is 0 Å². The second-order valence-electron chi connectivity index (χ2n) is 4.06. The first-order chi connectivity index (χ1) is 9.71. The molecule has 0 aliphatic rings. The van der Waals surface area contributed by atoms with Crippen molar-refractivity contribution in [2.45, 2.75) is 4.90 Å². The van der Waals surface area contributed by atoms with Gasteiger partial charge >= 0.3 is 0 Å². The lowest BCUT2D eigenvalue weighted by Crippen LogP contribution is -1.83.